The van der Waals surface area contributed by atoms with Crippen molar-refractivity contribution in [3.8, 4) is 0 Å². The highest BCUT2D eigenvalue weighted by Gasteiger charge is 2.09. The number of hydrogen-bond donors (Lipinski definition) is 1. The van der Waals surface area contributed by atoms with Gasteiger partial charge in [0.05, 0.1) is 6.61 Å². The SMILES string of the molecule is C=C/C=C(\C=C)c1ncc(CO)c(N(C)C)n1. The molecule has 0 aliphatic carbocycles. The Morgan fingerprint density at radius 2 is 2.18 bits per heavy atom. The second kappa shape index (κ2) is 5.96. The molecule has 17 heavy (non-hydrogen) atoms. The average molecular weight is 231 g/mol. The molecular weight excluding hydrogens is 214 g/mol. The number of rotatable bonds is 5. The van der Waals surface area contributed by atoms with Crippen molar-refractivity contribution in [1.82, 2.24) is 9.97 Å². The molecule has 1 N–H and O–H groups in total. The van der Waals surface area contributed by atoms with Crippen molar-refractivity contribution < 1.29 is 5.11 Å². The lowest BCUT2D eigenvalue weighted by Crippen LogP contribution is -2.15. The maximum Gasteiger partial charge on any atom is 0.161 e. The van der Waals surface area contributed by atoms with Crippen LogP contribution >= 0.6 is 0 Å². The highest BCUT2D eigenvalue weighted by atomic mass is 16.3. The lowest BCUT2D eigenvalue weighted by atomic mass is 10.2. The first-order valence-electron chi connectivity index (χ1n) is 5.23. The van der Waals surface area contributed by atoms with Crippen molar-refractivity contribution in [1.29, 1.82) is 0 Å². The molecule has 0 radical (unpaired) electrons. The molecule has 0 saturated heterocycles. The molecular formula is C13H17N3O. The Kier molecular flexibility index (Phi) is 4.60. The minimum absolute atomic E-state index is 0.0810. The smallest absolute Gasteiger partial charge is 0.161 e. The molecule has 0 saturated carbocycles. The lowest BCUT2D eigenvalue weighted by Gasteiger charge is -2.15. The highest BCUT2D eigenvalue weighted by molar-refractivity contribution is 5.71. The van der Waals surface area contributed by atoms with Crippen LogP contribution < -0.4 is 4.90 Å². The second-order valence-electron chi connectivity index (χ2n) is 3.66. The third-order valence-corrected chi connectivity index (χ3v) is 2.21. The summed E-state index contributed by atoms with van der Waals surface area (Å²) in [7, 11) is 3.74. The summed E-state index contributed by atoms with van der Waals surface area (Å²) in [6, 6.07) is 0. The van der Waals surface area contributed by atoms with Gasteiger partial charge in [0.25, 0.3) is 0 Å². The van der Waals surface area contributed by atoms with E-state index in [1.165, 1.54) is 0 Å². The molecule has 0 aliphatic rings. The van der Waals surface area contributed by atoms with Gasteiger partial charge in [-0.15, -0.1) is 0 Å². The van der Waals surface area contributed by atoms with Crippen LogP contribution in [-0.2, 0) is 6.61 Å². The van der Waals surface area contributed by atoms with Gasteiger partial charge in [0, 0.05) is 31.4 Å². The van der Waals surface area contributed by atoms with E-state index >= 15 is 0 Å². The first-order valence-corrected chi connectivity index (χ1v) is 5.23. The van der Waals surface area contributed by atoms with Gasteiger partial charge in [0.15, 0.2) is 5.82 Å². The van der Waals surface area contributed by atoms with E-state index in [1.54, 1.807) is 24.4 Å². The average Bonchev–Trinajstić information content (AvgIpc) is 2.35. The predicted molar refractivity (Wildman–Crippen MR) is 70.7 cm³/mol. The number of anilines is 1. The van der Waals surface area contributed by atoms with Crippen LogP contribution in [0.5, 0.6) is 0 Å². The van der Waals surface area contributed by atoms with Crippen LogP contribution in [0.1, 0.15) is 11.4 Å². The fraction of sp³-hybridized carbons (Fsp3) is 0.231. The minimum Gasteiger partial charge on any atom is -0.391 e. The van der Waals surface area contributed by atoms with E-state index in [4.69, 9.17) is 0 Å². The van der Waals surface area contributed by atoms with Gasteiger partial charge >= 0.3 is 0 Å². The van der Waals surface area contributed by atoms with Gasteiger partial charge in [-0.25, -0.2) is 9.97 Å². The monoisotopic (exact) mass is 231 g/mol. The van der Waals surface area contributed by atoms with Gasteiger partial charge in [-0.2, -0.15) is 0 Å². The Morgan fingerprint density at radius 1 is 1.47 bits per heavy atom. The van der Waals surface area contributed by atoms with Gasteiger partial charge in [0.1, 0.15) is 5.82 Å². The molecule has 90 valence electrons. The van der Waals surface area contributed by atoms with E-state index < -0.39 is 0 Å². The van der Waals surface area contributed by atoms with Crippen LogP contribution in [0.4, 0.5) is 5.82 Å². The normalized spacial score (nSPS) is 11.1. The van der Waals surface area contributed by atoms with Crippen molar-refractivity contribution in [2.45, 2.75) is 6.61 Å². The summed E-state index contributed by atoms with van der Waals surface area (Å²) < 4.78 is 0. The van der Waals surface area contributed by atoms with E-state index in [-0.39, 0.29) is 6.61 Å². The molecule has 1 heterocycles. The number of hydrogen-bond acceptors (Lipinski definition) is 4. The largest absolute Gasteiger partial charge is 0.391 e. The third kappa shape index (κ3) is 3.01. The maximum absolute atomic E-state index is 9.20. The van der Waals surface area contributed by atoms with Crippen molar-refractivity contribution in [2.24, 2.45) is 0 Å². The van der Waals surface area contributed by atoms with Crippen LogP contribution in [0.2, 0.25) is 0 Å². The molecule has 0 atom stereocenters. The number of aliphatic hydroxyl groups is 1. The van der Waals surface area contributed by atoms with Gasteiger partial charge in [0.2, 0.25) is 0 Å². The van der Waals surface area contributed by atoms with Crippen molar-refractivity contribution in [3.05, 3.63) is 49.0 Å². The minimum atomic E-state index is -0.0810. The molecule has 0 aliphatic heterocycles. The van der Waals surface area contributed by atoms with E-state index in [0.717, 1.165) is 5.57 Å². The zero-order valence-electron chi connectivity index (χ0n) is 10.2. The molecule has 1 aromatic rings. The summed E-state index contributed by atoms with van der Waals surface area (Å²) in [6.07, 6.45) is 6.75. The van der Waals surface area contributed by atoms with Gasteiger partial charge in [-0.05, 0) is 0 Å². The number of nitrogens with zero attached hydrogens (tertiary/aromatic N) is 3. The third-order valence-electron chi connectivity index (χ3n) is 2.21. The van der Waals surface area contributed by atoms with Crippen molar-refractivity contribution in [2.75, 3.05) is 19.0 Å². The van der Waals surface area contributed by atoms with Crippen LogP contribution in [0.3, 0.4) is 0 Å². The molecule has 0 fully saturated rings. The standard InChI is InChI=1S/C13H17N3O/c1-5-7-10(6-2)12-14-8-11(9-17)13(15-12)16(3)4/h5-8,17H,1-2,9H2,3-4H3/b10-7+. The first-order chi connectivity index (χ1) is 8.13. The van der Waals surface area contributed by atoms with Gasteiger partial charge < -0.3 is 10.0 Å². The fourth-order valence-corrected chi connectivity index (χ4v) is 1.40. The van der Waals surface area contributed by atoms with Crippen LogP contribution in [0.25, 0.3) is 5.57 Å². The molecule has 0 spiro atoms. The molecule has 1 aromatic heterocycles. The Balaban J connectivity index is 3.29. The van der Waals surface area contributed by atoms with Crippen molar-refractivity contribution in [3.63, 3.8) is 0 Å². The van der Waals surface area contributed by atoms with E-state index in [0.29, 0.717) is 17.2 Å². The summed E-state index contributed by atoms with van der Waals surface area (Å²) in [5.41, 5.74) is 1.49. The predicted octanol–water partition coefficient (Wildman–Crippen LogP) is 1.79. The zero-order chi connectivity index (χ0) is 12.8. The van der Waals surface area contributed by atoms with Crippen LogP contribution in [0, 0.1) is 0 Å². The Morgan fingerprint density at radius 3 is 2.65 bits per heavy atom. The highest BCUT2D eigenvalue weighted by Crippen LogP contribution is 2.18. The van der Waals surface area contributed by atoms with E-state index in [9.17, 15) is 5.11 Å². The number of aliphatic hydroxyl groups excluding tert-OH is 1. The first kappa shape index (κ1) is 13.1. The topological polar surface area (TPSA) is 49.3 Å². The van der Waals surface area contributed by atoms with Crippen LogP contribution in [0.15, 0.2) is 37.6 Å². The molecule has 4 nitrogen and oxygen atoms in total. The summed E-state index contributed by atoms with van der Waals surface area (Å²) in [6.45, 7) is 7.27. The Labute approximate surface area is 102 Å². The number of allylic oxidation sites excluding steroid dienone is 4. The second-order valence-corrected chi connectivity index (χ2v) is 3.66. The fourth-order valence-electron chi connectivity index (χ4n) is 1.40. The molecule has 0 aromatic carbocycles. The summed E-state index contributed by atoms with van der Waals surface area (Å²) >= 11 is 0. The molecule has 0 bridgehead atoms. The van der Waals surface area contributed by atoms with E-state index in [1.807, 2.05) is 19.0 Å². The van der Waals surface area contributed by atoms with Gasteiger partial charge in [-0.3, -0.25) is 0 Å². The quantitative estimate of drug-likeness (QED) is 0.785. The van der Waals surface area contributed by atoms with Crippen molar-refractivity contribution >= 4 is 11.4 Å². The summed E-state index contributed by atoms with van der Waals surface area (Å²) in [5, 5.41) is 9.20. The summed E-state index contributed by atoms with van der Waals surface area (Å²) in [5.74, 6) is 1.27. The molecule has 1 rings (SSSR count). The number of aromatic nitrogens is 2. The van der Waals surface area contributed by atoms with Gasteiger partial charge in [-0.1, -0.05) is 31.4 Å². The molecule has 0 unspecified atom stereocenters. The van der Waals surface area contributed by atoms with E-state index in [2.05, 4.69) is 23.1 Å². The Bertz CT molecular complexity index is 450. The zero-order valence-corrected chi connectivity index (χ0v) is 10.2. The summed E-state index contributed by atoms with van der Waals surface area (Å²) in [4.78, 5) is 10.4. The molecule has 0 amide bonds. The van der Waals surface area contributed by atoms with Crippen LogP contribution in [-0.4, -0.2) is 29.2 Å². The Hall–Kier alpha value is -1.94. The lowest BCUT2D eigenvalue weighted by molar-refractivity contribution is 0.281. The molecule has 4 heteroatoms. The maximum atomic E-state index is 9.20.